The number of carbonyl (C=O) groups is 1. The molecule has 7 nitrogen and oxygen atoms in total. The van der Waals surface area contributed by atoms with Gasteiger partial charge >= 0.3 is 0 Å². The maximum absolute atomic E-state index is 12.7. The molecule has 2 bridgehead atoms. The van der Waals surface area contributed by atoms with Crippen molar-refractivity contribution in [1.29, 1.82) is 0 Å². The summed E-state index contributed by atoms with van der Waals surface area (Å²) < 4.78 is 25.3. The van der Waals surface area contributed by atoms with Crippen molar-refractivity contribution in [1.82, 2.24) is 20.0 Å². The second kappa shape index (κ2) is 5.56. The summed E-state index contributed by atoms with van der Waals surface area (Å²) in [4.78, 5) is 16.8. The van der Waals surface area contributed by atoms with Gasteiger partial charge in [-0.1, -0.05) is 6.07 Å². The van der Waals surface area contributed by atoms with E-state index in [0.717, 1.165) is 31.9 Å². The molecule has 0 aromatic carbocycles. The number of hydrogen-bond donors (Lipinski definition) is 2. The number of nitrogens with one attached hydrogen (secondary N) is 2. The zero-order chi connectivity index (χ0) is 16.9. The highest BCUT2D eigenvalue weighted by Gasteiger charge is 2.34. The molecule has 4 rings (SSSR count). The second-order valence-corrected chi connectivity index (χ2v) is 8.66. The number of piperidine rings is 1. The van der Waals surface area contributed by atoms with Crippen molar-refractivity contribution in [3.8, 4) is 0 Å². The molecular formula is C16H20N4O3S. The van der Waals surface area contributed by atoms with E-state index < -0.39 is 9.84 Å². The van der Waals surface area contributed by atoms with Gasteiger partial charge in [0.1, 0.15) is 0 Å². The summed E-state index contributed by atoms with van der Waals surface area (Å²) in [5, 5.41) is 6.48. The predicted octanol–water partition coefficient (Wildman–Crippen LogP) is 0.751. The molecule has 0 radical (unpaired) electrons. The van der Waals surface area contributed by atoms with E-state index in [2.05, 4.69) is 15.6 Å². The van der Waals surface area contributed by atoms with Gasteiger partial charge < -0.3 is 10.6 Å². The summed E-state index contributed by atoms with van der Waals surface area (Å²) in [7, 11) is -3.52. The number of sulfone groups is 1. The van der Waals surface area contributed by atoms with Gasteiger partial charge in [-0.3, -0.25) is 9.20 Å². The maximum atomic E-state index is 12.7. The Morgan fingerprint density at radius 1 is 1.29 bits per heavy atom. The van der Waals surface area contributed by atoms with Gasteiger partial charge in [0, 0.05) is 30.6 Å². The Bertz CT molecular complexity index is 893. The Balaban J connectivity index is 1.65. The van der Waals surface area contributed by atoms with E-state index in [-0.39, 0.29) is 22.8 Å². The molecule has 2 saturated heterocycles. The molecule has 2 aliphatic rings. The number of fused-ring (bicyclic) bond motifs is 3. The zero-order valence-corrected chi connectivity index (χ0v) is 14.2. The first-order valence-electron chi connectivity index (χ1n) is 8.16. The van der Waals surface area contributed by atoms with E-state index in [1.165, 1.54) is 4.40 Å². The van der Waals surface area contributed by atoms with Crippen LogP contribution in [0.25, 0.3) is 5.52 Å². The number of imidazole rings is 1. The van der Waals surface area contributed by atoms with Gasteiger partial charge in [-0.15, -0.1) is 0 Å². The van der Waals surface area contributed by atoms with Crippen molar-refractivity contribution >= 4 is 21.3 Å². The largest absolute Gasteiger partial charge is 0.348 e. The highest BCUT2D eigenvalue weighted by atomic mass is 32.2. The summed E-state index contributed by atoms with van der Waals surface area (Å²) in [5.74, 6) is -0.306. The fourth-order valence-electron chi connectivity index (χ4n) is 3.87. The van der Waals surface area contributed by atoms with Crippen LogP contribution >= 0.6 is 0 Å². The van der Waals surface area contributed by atoms with Crippen molar-refractivity contribution in [2.75, 3.05) is 6.26 Å². The Morgan fingerprint density at radius 3 is 2.67 bits per heavy atom. The average molecular weight is 348 g/mol. The first kappa shape index (κ1) is 15.6. The molecule has 2 atom stereocenters. The topological polar surface area (TPSA) is 92.6 Å². The highest BCUT2D eigenvalue weighted by Crippen LogP contribution is 2.27. The fourth-order valence-corrected chi connectivity index (χ4v) is 4.64. The minimum atomic E-state index is -3.52. The maximum Gasteiger partial charge on any atom is 0.272 e. The SMILES string of the molecule is CS(=O)(=O)c1nc(C(=O)NC2CC3CCC(C2)N3)c2ccccn12. The van der Waals surface area contributed by atoms with Gasteiger partial charge in [-0.05, 0) is 37.8 Å². The van der Waals surface area contributed by atoms with Crippen molar-refractivity contribution < 1.29 is 13.2 Å². The van der Waals surface area contributed by atoms with Crippen molar-refractivity contribution in [3.63, 3.8) is 0 Å². The lowest BCUT2D eigenvalue weighted by molar-refractivity contribution is 0.0921. The number of aromatic nitrogens is 2. The van der Waals surface area contributed by atoms with Crippen LogP contribution in [0.3, 0.4) is 0 Å². The van der Waals surface area contributed by atoms with Crippen LogP contribution in [0.5, 0.6) is 0 Å². The van der Waals surface area contributed by atoms with Gasteiger partial charge in [0.15, 0.2) is 5.69 Å². The van der Waals surface area contributed by atoms with Gasteiger partial charge in [0.25, 0.3) is 5.91 Å². The van der Waals surface area contributed by atoms with Gasteiger partial charge in [-0.25, -0.2) is 13.4 Å². The molecule has 2 N–H and O–H groups in total. The van der Waals surface area contributed by atoms with Crippen molar-refractivity contribution in [2.24, 2.45) is 0 Å². The lowest BCUT2D eigenvalue weighted by Crippen LogP contribution is -2.48. The van der Waals surface area contributed by atoms with E-state index in [4.69, 9.17) is 0 Å². The minimum Gasteiger partial charge on any atom is -0.348 e. The van der Waals surface area contributed by atoms with E-state index in [1.54, 1.807) is 24.4 Å². The first-order valence-corrected chi connectivity index (χ1v) is 10.0. The quantitative estimate of drug-likeness (QED) is 0.854. The summed E-state index contributed by atoms with van der Waals surface area (Å²) in [6.45, 7) is 0. The van der Waals surface area contributed by atoms with Crippen LogP contribution in [0.1, 0.15) is 36.2 Å². The van der Waals surface area contributed by atoms with Crippen LogP contribution in [-0.2, 0) is 9.84 Å². The summed E-state index contributed by atoms with van der Waals surface area (Å²) in [6, 6.07) is 6.25. The third kappa shape index (κ3) is 2.69. The number of rotatable bonds is 3. The van der Waals surface area contributed by atoms with E-state index in [9.17, 15) is 13.2 Å². The highest BCUT2D eigenvalue weighted by molar-refractivity contribution is 7.90. The number of nitrogens with zero attached hydrogens (tertiary/aromatic N) is 2. The Labute approximate surface area is 140 Å². The molecule has 0 aliphatic carbocycles. The Hall–Kier alpha value is -1.93. The minimum absolute atomic E-state index is 0.103. The molecule has 24 heavy (non-hydrogen) atoms. The summed E-state index contributed by atoms with van der Waals surface area (Å²) in [6.07, 6.45) is 6.84. The standard InChI is InChI=1S/C16H20N4O3S/c1-24(22,23)16-19-14(13-4-2-3-7-20(13)16)15(21)18-12-8-10-5-6-11(9-12)17-10/h2-4,7,10-12,17H,5-6,8-9H2,1H3,(H,18,21). The second-order valence-electron chi connectivity index (χ2n) is 6.75. The predicted molar refractivity (Wildman–Crippen MR) is 88.7 cm³/mol. The number of amides is 1. The molecule has 1 amide bonds. The smallest absolute Gasteiger partial charge is 0.272 e. The lowest BCUT2D eigenvalue weighted by Gasteiger charge is -2.29. The normalized spacial score (nSPS) is 26.6. The molecular weight excluding hydrogens is 328 g/mol. The van der Waals surface area contributed by atoms with Gasteiger partial charge in [0.05, 0.1) is 5.52 Å². The molecule has 0 spiro atoms. The molecule has 2 aliphatic heterocycles. The van der Waals surface area contributed by atoms with Crippen molar-refractivity contribution in [3.05, 3.63) is 30.1 Å². The molecule has 2 unspecified atom stereocenters. The Kier molecular flexibility index (Phi) is 3.61. The number of carbonyl (C=O) groups excluding carboxylic acids is 1. The third-order valence-corrected chi connectivity index (χ3v) is 5.82. The summed E-state index contributed by atoms with van der Waals surface area (Å²) >= 11 is 0. The Morgan fingerprint density at radius 2 is 2.00 bits per heavy atom. The lowest BCUT2D eigenvalue weighted by atomic mass is 10.00. The van der Waals surface area contributed by atoms with Gasteiger partial charge in [0.2, 0.25) is 15.0 Å². The van der Waals surface area contributed by atoms with E-state index in [1.807, 2.05) is 0 Å². The van der Waals surface area contributed by atoms with Crippen molar-refractivity contribution in [2.45, 2.75) is 49.0 Å². The molecule has 2 aromatic heterocycles. The number of hydrogen-bond acceptors (Lipinski definition) is 5. The van der Waals surface area contributed by atoms with Gasteiger partial charge in [-0.2, -0.15) is 0 Å². The van der Waals surface area contributed by atoms with Crippen LogP contribution in [-0.4, -0.2) is 48.1 Å². The summed E-state index contributed by atoms with van der Waals surface area (Å²) in [5.41, 5.74) is 0.675. The molecule has 4 heterocycles. The monoisotopic (exact) mass is 348 g/mol. The van der Waals surface area contributed by atoms with Crippen LogP contribution in [0.2, 0.25) is 0 Å². The molecule has 128 valence electrons. The zero-order valence-electron chi connectivity index (χ0n) is 13.4. The molecule has 0 saturated carbocycles. The first-order chi connectivity index (χ1) is 11.4. The molecule has 2 fully saturated rings. The molecule has 2 aromatic rings. The fraction of sp³-hybridized carbons (Fsp3) is 0.500. The van der Waals surface area contributed by atoms with Crippen LogP contribution in [0.15, 0.2) is 29.6 Å². The average Bonchev–Trinajstić information content (AvgIpc) is 3.07. The van der Waals surface area contributed by atoms with Crippen LogP contribution in [0.4, 0.5) is 0 Å². The van der Waals surface area contributed by atoms with Crippen LogP contribution in [0, 0.1) is 0 Å². The number of pyridine rings is 1. The van der Waals surface area contributed by atoms with E-state index in [0.29, 0.717) is 17.6 Å². The molecule has 8 heteroatoms. The van der Waals surface area contributed by atoms with Crippen LogP contribution < -0.4 is 10.6 Å². The van der Waals surface area contributed by atoms with E-state index >= 15 is 0 Å². The third-order valence-electron chi connectivity index (χ3n) is 4.87.